The van der Waals surface area contributed by atoms with Gasteiger partial charge < -0.3 is 10.8 Å². The van der Waals surface area contributed by atoms with Gasteiger partial charge in [-0.05, 0) is 52.1 Å². The van der Waals surface area contributed by atoms with Gasteiger partial charge in [0.05, 0.1) is 0 Å². The summed E-state index contributed by atoms with van der Waals surface area (Å²) in [5.74, 6) is 0.282. The van der Waals surface area contributed by atoms with E-state index in [1.807, 2.05) is 48.5 Å². The molecule has 0 saturated carbocycles. The van der Waals surface area contributed by atoms with Gasteiger partial charge in [0.2, 0.25) is 0 Å². The molecule has 0 radical (unpaired) electrons. The van der Waals surface area contributed by atoms with Crippen molar-refractivity contribution in [1.82, 2.24) is 0 Å². The van der Waals surface area contributed by atoms with Crippen molar-refractivity contribution in [1.29, 1.82) is 0 Å². The molecule has 0 atom stereocenters. The summed E-state index contributed by atoms with van der Waals surface area (Å²) < 4.78 is 0. The van der Waals surface area contributed by atoms with E-state index in [9.17, 15) is 5.11 Å². The molecule has 0 fully saturated rings. The number of phenols is 1. The van der Waals surface area contributed by atoms with Gasteiger partial charge in [0.1, 0.15) is 5.75 Å². The monoisotopic (exact) mass is 285 g/mol. The van der Waals surface area contributed by atoms with Crippen molar-refractivity contribution >= 4 is 17.3 Å². The molecular formula is C20H15NO. The van der Waals surface area contributed by atoms with Crippen LogP contribution in [0.25, 0.3) is 22.8 Å². The van der Waals surface area contributed by atoms with E-state index in [1.54, 1.807) is 6.07 Å². The second-order valence-corrected chi connectivity index (χ2v) is 5.47. The van der Waals surface area contributed by atoms with Crippen LogP contribution in [-0.4, -0.2) is 5.11 Å². The summed E-state index contributed by atoms with van der Waals surface area (Å²) in [6.45, 7) is 0. The predicted octanol–water partition coefficient (Wildman–Crippen LogP) is 4.54. The second kappa shape index (κ2) is 4.78. The van der Waals surface area contributed by atoms with Crippen molar-refractivity contribution in [3.05, 3.63) is 83.4 Å². The molecule has 0 unspecified atom stereocenters. The third-order valence-corrected chi connectivity index (χ3v) is 4.08. The number of phenolic OH excluding ortho intramolecular Hbond substituents is 1. The number of anilines is 1. The number of para-hydroxylation sites is 1. The molecule has 0 aliphatic heterocycles. The lowest BCUT2D eigenvalue weighted by Crippen LogP contribution is -1.87. The average molecular weight is 285 g/mol. The zero-order valence-electron chi connectivity index (χ0n) is 12.0. The van der Waals surface area contributed by atoms with E-state index < -0.39 is 0 Å². The molecule has 0 aromatic heterocycles. The lowest BCUT2D eigenvalue weighted by molar-refractivity contribution is 0.474. The number of rotatable bonds is 1. The molecule has 106 valence electrons. The molecule has 3 aromatic carbocycles. The first-order valence-corrected chi connectivity index (χ1v) is 7.23. The standard InChI is InChI=1S/C20H15NO/c21-14-9-10-17-15-6-2-3-7-16(15)18(19(17)12-14)11-13-5-1-4-8-20(13)22/h1-12,22H,21H2/b18-11+. The summed E-state index contributed by atoms with van der Waals surface area (Å²) in [4.78, 5) is 0. The Morgan fingerprint density at radius 3 is 2.23 bits per heavy atom. The summed E-state index contributed by atoms with van der Waals surface area (Å²) in [7, 11) is 0. The van der Waals surface area contributed by atoms with Crippen molar-refractivity contribution in [3.8, 4) is 16.9 Å². The minimum Gasteiger partial charge on any atom is -0.507 e. The number of hydrogen-bond acceptors (Lipinski definition) is 2. The van der Waals surface area contributed by atoms with Crippen LogP contribution in [-0.2, 0) is 0 Å². The number of hydrogen-bond donors (Lipinski definition) is 2. The van der Waals surface area contributed by atoms with E-state index in [0.717, 1.165) is 22.4 Å². The normalized spacial score (nSPS) is 13.9. The molecule has 4 rings (SSSR count). The van der Waals surface area contributed by atoms with Gasteiger partial charge in [-0.15, -0.1) is 0 Å². The van der Waals surface area contributed by atoms with Crippen LogP contribution in [0.2, 0.25) is 0 Å². The summed E-state index contributed by atoms with van der Waals surface area (Å²) in [6, 6.07) is 21.7. The highest BCUT2D eigenvalue weighted by Crippen LogP contribution is 2.45. The summed E-state index contributed by atoms with van der Waals surface area (Å²) in [5, 5.41) is 10.1. The van der Waals surface area contributed by atoms with Gasteiger partial charge in [-0.1, -0.05) is 48.5 Å². The lowest BCUT2D eigenvalue weighted by Gasteiger charge is -2.05. The van der Waals surface area contributed by atoms with Crippen molar-refractivity contribution in [2.24, 2.45) is 0 Å². The minimum absolute atomic E-state index is 0.282. The SMILES string of the molecule is Nc1ccc2c(c1)/C(=C/c1ccccc1O)c1ccccc1-2. The zero-order valence-corrected chi connectivity index (χ0v) is 12.0. The summed E-state index contributed by atoms with van der Waals surface area (Å²) >= 11 is 0. The molecule has 0 spiro atoms. The third kappa shape index (κ3) is 1.89. The Hall–Kier alpha value is -3.00. The van der Waals surface area contributed by atoms with E-state index >= 15 is 0 Å². The second-order valence-electron chi connectivity index (χ2n) is 5.47. The van der Waals surface area contributed by atoms with Crippen LogP contribution in [0, 0.1) is 0 Å². The van der Waals surface area contributed by atoms with Crippen LogP contribution in [0.4, 0.5) is 5.69 Å². The quantitative estimate of drug-likeness (QED) is 0.504. The zero-order chi connectivity index (χ0) is 15.1. The van der Waals surface area contributed by atoms with Gasteiger partial charge >= 0.3 is 0 Å². The van der Waals surface area contributed by atoms with E-state index in [0.29, 0.717) is 0 Å². The smallest absolute Gasteiger partial charge is 0.122 e. The summed E-state index contributed by atoms with van der Waals surface area (Å²) in [6.07, 6.45) is 2.03. The lowest BCUT2D eigenvalue weighted by atomic mass is 10.0. The average Bonchev–Trinajstić information content (AvgIpc) is 2.83. The molecular weight excluding hydrogens is 270 g/mol. The first kappa shape index (κ1) is 12.7. The third-order valence-electron chi connectivity index (χ3n) is 4.08. The highest BCUT2D eigenvalue weighted by molar-refractivity contribution is 6.07. The highest BCUT2D eigenvalue weighted by atomic mass is 16.3. The Balaban J connectivity index is 2.00. The van der Waals surface area contributed by atoms with Gasteiger partial charge in [0.25, 0.3) is 0 Å². The molecule has 22 heavy (non-hydrogen) atoms. The molecule has 0 amide bonds. The number of nitrogen functional groups attached to an aromatic ring is 1. The fraction of sp³-hybridized carbons (Fsp3) is 0. The van der Waals surface area contributed by atoms with E-state index in [2.05, 4.69) is 18.2 Å². The first-order valence-electron chi connectivity index (χ1n) is 7.23. The molecule has 1 aliphatic rings. The summed E-state index contributed by atoms with van der Waals surface area (Å²) in [5.41, 5.74) is 13.3. The Morgan fingerprint density at radius 1 is 0.727 bits per heavy atom. The maximum atomic E-state index is 10.1. The maximum Gasteiger partial charge on any atom is 0.122 e. The number of benzene rings is 3. The molecule has 1 aliphatic carbocycles. The molecule has 3 aromatic rings. The topological polar surface area (TPSA) is 46.2 Å². The van der Waals surface area contributed by atoms with Crippen LogP contribution in [0.5, 0.6) is 5.75 Å². The van der Waals surface area contributed by atoms with Crippen LogP contribution in [0.3, 0.4) is 0 Å². The van der Waals surface area contributed by atoms with Crippen LogP contribution >= 0.6 is 0 Å². The minimum atomic E-state index is 0.282. The largest absolute Gasteiger partial charge is 0.507 e. The first-order chi connectivity index (χ1) is 10.7. The van der Waals surface area contributed by atoms with Gasteiger partial charge in [-0.25, -0.2) is 0 Å². The van der Waals surface area contributed by atoms with E-state index in [1.165, 1.54) is 16.7 Å². The van der Waals surface area contributed by atoms with Gasteiger partial charge in [-0.3, -0.25) is 0 Å². The van der Waals surface area contributed by atoms with Crippen molar-refractivity contribution in [2.45, 2.75) is 0 Å². The van der Waals surface area contributed by atoms with Gasteiger partial charge in [-0.2, -0.15) is 0 Å². The Bertz CT molecular complexity index is 909. The fourth-order valence-corrected chi connectivity index (χ4v) is 3.04. The van der Waals surface area contributed by atoms with Crippen LogP contribution in [0.15, 0.2) is 66.7 Å². The van der Waals surface area contributed by atoms with Crippen LogP contribution in [0.1, 0.15) is 16.7 Å². The number of fused-ring (bicyclic) bond motifs is 3. The highest BCUT2D eigenvalue weighted by Gasteiger charge is 2.23. The molecule has 2 heteroatoms. The molecule has 2 nitrogen and oxygen atoms in total. The maximum absolute atomic E-state index is 10.1. The molecule has 3 N–H and O–H groups in total. The molecule has 0 heterocycles. The number of nitrogens with two attached hydrogens (primary N) is 1. The van der Waals surface area contributed by atoms with Gasteiger partial charge in [0, 0.05) is 11.3 Å². The Morgan fingerprint density at radius 2 is 1.41 bits per heavy atom. The van der Waals surface area contributed by atoms with Crippen molar-refractivity contribution < 1.29 is 5.11 Å². The van der Waals surface area contributed by atoms with Crippen molar-refractivity contribution in [3.63, 3.8) is 0 Å². The Kier molecular flexibility index (Phi) is 2.76. The molecule has 0 saturated heterocycles. The predicted molar refractivity (Wildman–Crippen MR) is 91.4 cm³/mol. The molecule has 0 bridgehead atoms. The van der Waals surface area contributed by atoms with E-state index in [-0.39, 0.29) is 5.75 Å². The van der Waals surface area contributed by atoms with E-state index in [4.69, 9.17) is 5.73 Å². The fourth-order valence-electron chi connectivity index (χ4n) is 3.04. The van der Waals surface area contributed by atoms with Crippen LogP contribution < -0.4 is 5.73 Å². The Labute approximate surface area is 129 Å². The van der Waals surface area contributed by atoms with Crippen molar-refractivity contribution in [2.75, 3.05) is 5.73 Å². The number of aromatic hydroxyl groups is 1. The van der Waals surface area contributed by atoms with Gasteiger partial charge in [0.15, 0.2) is 0 Å².